The number of hydrogen-bond acceptors (Lipinski definition) is 2. The van der Waals surface area contributed by atoms with Crippen LogP contribution in [0.2, 0.25) is 0 Å². The third-order valence-corrected chi connectivity index (χ3v) is 2.41. The summed E-state index contributed by atoms with van der Waals surface area (Å²) in [4.78, 5) is 3.93. The third kappa shape index (κ3) is 4.72. The highest BCUT2D eigenvalue weighted by Crippen LogP contribution is 2.24. The molecule has 4 nitrogen and oxygen atoms in total. The Bertz CT molecular complexity index is 169. The molecule has 0 saturated heterocycles. The van der Waals surface area contributed by atoms with Gasteiger partial charge >= 0.3 is 0 Å². The molecule has 0 amide bonds. The van der Waals surface area contributed by atoms with Gasteiger partial charge in [-0.05, 0) is 11.3 Å². The predicted molar refractivity (Wildman–Crippen MR) is 57.3 cm³/mol. The molecule has 0 heterocycles. The van der Waals surface area contributed by atoms with Gasteiger partial charge in [-0.25, -0.2) is 5.84 Å². The fraction of sp³-hybridized carbons (Fsp3) is 0.889. The van der Waals surface area contributed by atoms with Crippen LogP contribution in [0.4, 0.5) is 0 Å². The van der Waals surface area contributed by atoms with E-state index in [2.05, 4.69) is 43.4 Å². The average molecular weight is 186 g/mol. The van der Waals surface area contributed by atoms with Crippen LogP contribution in [-0.2, 0) is 0 Å². The largest absolute Gasteiger partial charge is 0.355 e. The lowest BCUT2D eigenvalue weighted by molar-refractivity contribution is 0.261. The zero-order chi connectivity index (χ0) is 10.5. The summed E-state index contributed by atoms with van der Waals surface area (Å²) in [5.74, 6) is 6.44. The standard InChI is InChI=1S/C9H22N4/c1-7(9(2,3)4)6-12-8(11-5)13-10/h7H,6,10H2,1-5H3,(H2,11,12,13). The van der Waals surface area contributed by atoms with Gasteiger partial charge in [0, 0.05) is 13.6 Å². The molecular formula is C9H22N4. The minimum Gasteiger partial charge on any atom is -0.355 e. The SMILES string of the molecule is CN=C(NN)NCC(C)C(C)(C)C. The van der Waals surface area contributed by atoms with Gasteiger partial charge < -0.3 is 5.32 Å². The third-order valence-electron chi connectivity index (χ3n) is 2.41. The second-order valence-electron chi connectivity index (χ2n) is 4.36. The van der Waals surface area contributed by atoms with Crippen molar-refractivity contribution in [2.45, 2.75) is 27.7 Å². The fourth-order valence-corrected chi connectivity index (χ4v) is 0.751. The predicted octanol–water partition coefficient (Wildman–Crippen LogP) is 0.707. The number of nitrogens with one attached hydrogen (secondary N) is 2. The molecule has 0 rings (SSSR count). The van der Waals surface area contributed by atoms with Gasteiger partial charge in [-0.2, -0.15) is 0 Å². The minimum atomic E-state index is 0.306. The zero-order valence-corrected chi connectivity index (χ0v) is 9.31. The zero-order valence-electron chi connectivity index (χ0n) is 9.31. The molecule has 13 heavy (non-hydrogen) atoms. The van der Waals surface area contributed by atoms with E-state index in [1.165, 1.54) is 0 Å². The lowest BCUT2D eigenvalue weighted by Gasteiger charge is -2.27. The molecule has 4 heteroatoms. The van der Waals surface area contributed by atoms with Crippen molar-refractivity contribution in [3.05, 3.63) is 0 Å². The summed E-state index contributed by atoms with van der Waals surface area (Å²) in [5.41, 5.74) is 2.80. The van der Waals surface area contributed by atoms with E-state index in [0.717, 1.165) is 6.54 Å². The summed E-state index contributed by atoms with van der Waals surface area (Å²) < 4.78 is 0. The Balaban J connectivity index is 3.89. The van der Waals surface area contributed by atoms with E-state index in [9.17, 15) is 0 Å². The highest BCUT2D eigenvalue weighted by molar-refractivity contribution is 5.78. The molecule has 0 spiro atoms. The van der Waals surface area contributed by atoms with Crippen molar-refractivity contribution in [2.24, 2.45) is 22.2 Å². The van der Waals surface area contributed by atoms with Crippen molar-refractivity contribution in [3.63, 3.8) is 0 Å². The van der Waals surface area contributed by atoms with Gasteiger partial charge in [0.2, 0.25) is 5.96 Å². The summed E-state index contributed by atoms with van der Waals surface area (Å²) in [6.45, 7) is 9.74. The molecule has 0 bridgehead atoms. The first kappa shape index (κ1) is 12.2. The van der Waals surface area contributed by atoms with E-state index in [-0.39, 0.29) is 0 Å². The number of hydrazine groups is 1. The Labute approximate surface area is 81.0 Å². The Morgan fingerprint density at radius 2 is 2.00 bits per heavy atom. The lowest BCUT2D eigenvalue weighted by atomic mass is 9.82. The maximum Gasteiger partial charge on any atom is 0.205 e. The van der Waals surface area contributed by atoms with Crippen LogP contribution in [0.1, 0.15) is 27.7 Å². The maximum absolute atomic E-state index is 5.24. The minimum absolute atomic E-state index is 0.306. The molecule has 0 aliphatic carbocycles. The van der Waals surface area contributed by atoms with Gasteiger partial charge in [0.1, 0.15) is 0 Å². The van der Waals surface area contributed by atoms with E-state index in [1.807, 2.05) is 0 Å². The smallest absolute Gasteiger partial charge is 0.205 e. The molecule has 1 unspecified atom stereocenters. The number of guanidine groups is 1. The number of hydrogen-bond donors (Lipinski definition) is 3. The molecule has 0 aromatic rings. The number of nitrogens with two attached hydrogens (primary N) is 1. The monoisotopic (exact) mass is 186 g/mol. The average Bonchev–Trinajstić information content (AvgIpc) is 2.04. The summed E-state index contributed by atoms with van der Waals surface area (Å²) in [6.07, 6.45) is 0. The first-order valence-electron chi connectivity index (χ1n) is 4.59. The van der Waals surface area contributed by atoms with E-state index in [1.54, 1.807) is 7.05 Å². The second-order valence-corrected chi connectivity index (χ2v) is 4.36. The first-order chi connectivity index (χ1) is 5.91. The van der Waals surface area contributed by atoms with Crippen molar-refractivity contribution >= 4 is 5.96 Å². The normalized spacial score (nSPS) is 15.4. The van der Waals surface area contributed by atoms with Crippen LogP contribution in [0.5, 0.6) is 0 Å². The Hall–Kier alpha value is -0.770. The molecule has 0 radical (unpaired) electrons. The lowest BCUT2D eigenvalue weighted by Crippen LogP contribution is -2.44. The molecule has 0 aliphatic heterocycles. The second kappa shape index (κ2) is 5.07. The molecular weight excluding hydrogens is 164 g/mol. The van der Waals surface area contributed by atoms with Crippen molar-refractivity contribution < 1.29 is 0 Å². The molecule has 78 valence electrons. The van der Waals surface area contributed by atoms with Crippen LogP contribution in [0.15, 0.2) is 4.99 Å². The summed E-state index contributed by atoms with van der Waals surface area (Å²) in [5, 5.41) is 3.14. The summed E-state index contributed by atoms with van der Waals surface area (Å²) in [6, 6.07) is 0. The molecule has 1 atom stereocenters. The maximum atomic E-state index is 5.24. The fourth-order valence-electron chi connectivity index (χ4n) is 0.751. The number of aliphatic imine (C=N–C) groups is 1. The van der Waals surface area contributed by atoms with Gasteiger partial charge in [0.05, 0.1) is 0 Å². The molecule has 4 N–H and O–H groups in total. The molecule has 0 aromatic carbocycles. The van der Waals surface area contributed by atoms with E-state index >= 15 is 0 Å². The first-order valence-corrected chi connectivity index (χ1v) is 4.59. The molecule has 0 fully saturated rings. The van der Waals surface area contributed by atoms with Crippen LogP contribution < -0.4 is 16.6 Å². The van der Waals surface area contributed by atoms with Crippen molar-refractivity contribution in [3.8, 4) is 0 Å². The summed E-state index contributed by atoms with van der Waals surface area (Å²) >= 11 is 0. The van der Waals surface area contributed by atoms with Crippen LogP contribution in [0, 0.1) is 11.3 Å². The van der Waals surface area contributed by atoms with E-state index < -0.39 is 0 Å². The van der Waals surface area contributed by atoms with Crippen LogP contribution in [-0.4, -0.2) is 19.6 Å². The van der Waals surface area contributed by atoms with Crippen LogP contribution in [0.3, 0.4) is 0 Å². The molecule has 0 saturated carbocycles. The highest BCUT2D eigenvalue weighted by Gasteiger charge is 2.19. The van der Waals surface area contributed by atoms with Crippen molar-refractivity contribution in [2.75, 3.05) is 13.6 Å². The van der Waals surface area contributed by atoms with E-state index in [4.69, 9.17) is 5.84 Å². The summed E-state index contributed by atoms with van der Waals surface area (Å²) in [7, 11) is 1.70. The van der Waals surface area contributed by atoms with Gasteiger partial charge in [-0.3, -0.25) is 10.4 Å². The van der Waals surface area contributed by atoms with Gasteiger partial charge in [-0.15, -0.1) is 0 Å². The van der Waals surface area contributed by atoms with Gasteiger partial charge in [0.25, 0.3) is 0 Å². The Morgan fingerprint density at radius 3 is 2.31 bits per heavy atom. The highest BCUT2D eigenvalue weighted by atomic mass is 15.3. The topological polar surface area (TPSA) is 62.4 Å². The van der Waals surface area contributed by atoms with Gasteiger partial charge in [-0.1, -0.05) is 27.7 Å². The van der Waals surface area contributed by atoms with Crippen molar-refractivity contribution in [1.82, 2.24) is 10.7 Å². The van der Waals surface area contributed by atoms with Gasteiger partial charge in [0.15, 0.2) is 0 Å². The van der Waals surface area contributed by atoms with E-state index in [0.29, 0.717) is 17.3 Å². The number of rotatable bonds is 2. The Kier molecular flexibility index (Phi) is 4.77. The Morgan fingerprint density at radius 1 is 1.46 bits per heavy atom. The molecule has 0 aromatic heterocycles. The quantitative estimate of drug-likeness (QED) is 0.257. The van der Waals surface area contributed by atoms with Crippen molar-refractivity contribution in [1.29, 1.82) is 0 Å². The van der Waals surface area contributed by atoms with Crippen LogP contribution in [0.25, 0.3) is 0 Å². The van der Waals surface area contributed by atoms with Crippen LogP contribution >= 0.6 is 0 Å². The molecule has 0 aliphatic rings. The number of nitrogens with zero attached hydrogens (tertiary/aromatic N) is 1.